The van der Waals surface area contributed by atoms with E-state index in [4.69, 9.17) is 0 Å². The molecule has 0 spiro atoms. The number of anilines is 1. The molecule has 1 aliphatic rings. The molecule has 2 N–H and O–H groups in total. The van der Waals surface area contributed by atoms with Crippen LogP contribution in [-0.4, -0.2) is 32.2 Å². The first-order chi connectivity index (χ1) is 8.20. The number of benzene rings is 1. The third kappa shape index (κ3) is 2.74. The number of methoxy groups -OCH3 is 1. The molecule has 4 nitrogen and oxygen atoms in total. The minimum Gasteiger partial charge on any atom is -0.465 e. The third-order valence-corrected chi connectivity index (χ3v) is 2.80. The summed E-state index contributed by atoms with van der Waals surface area (Å²) in [6.07, 6.45) is 1.02. The average Bonchev–Trinajstić information content (AvgIpc) is 2.83. The standard InChI is InChI=1S/C12H15FN2O2/c1-17-12(16)10-6-8(2-3-11(10)13)15-9-4-5-14-7-9/h2-3,6,9,14-15H,4-5,7H2,1H3/t9-/m1/s1. The number of ether oxygens (including phenoxy) is 1. The summed E-state index contributed by atoms with van der Waals surface area (Å²) in [5, 5.41) is 6.47. The number of carbonyl (C=O) groups excluding carboxylic acids is 1. The van der Waals surface area contributed by atoms with Gasteiger partial charge in [-0.05, 0) is 31.2 Å². The van der Waals surface area contributed by atoms with Crippen LogP contribution in [0, 0.1) is 5.82 Å². The van der Waals surface area contributed by atoms with Crippen LogP contribution in [0.5, 0.6) is 0 Å². The van der Waals surface area contributed by atoms with E-state index in [0.29, 0.717) is 6.04 Å². The Bertz CT molecular complexity index is 417. The van der Waals surface area contributed by atoms with Crippen molar-refractivity contribution in [3.8, 4) is 0 Å². The first-order valence-corrected chi connectivity index (χ1v) is 5.56. The number of nitrogens with one attached hydrogen (secondary N) is 2. The van der Waals surface area contributed by atoms with Crippen LogP contribution < -0.4 is 10.6 Å². The highest BCUT2D eigenvalue weighted by Crippen LogP contribution is 2.17. The molecule has 2 rings (SSSR count). The van der Waals surface area contributed by atoms with Crippen molar-refractivity contribution >= 4 is 11.7 Å². The zero-order chi connectivity index (χ0) is 12.3. The molecule has 0 aliphatic carbocycles. The molecule has 0 radical (unpaired) electrons. The van der Waals surface area contributed by atoms with Crippen molar-refractivity contribution in [1.29, 1.82) is 0 Å². The predicted molar refractivity (Wildman–Crippen MR) is 62.6 cm³/mol. The van der Waals surface area contributed by atoms with E-state index < -0.39 is 11.8 Å². The van der Waals surface area contributed by atoms with Crippen LogP contribution in [0.2, 0.25) is 0 Å². The van der Waals surface area contributed by atoms with Gasteiger partial charge in [0.15, 0.2) is 0 Å². The monoisotopic (exact) mass is 238 g/mol. The average molecular weight is 238 g/mol. The summed E-state index contributed by atoms with van der Waals surface area (Å²) in [6.45, 7) is 1.85. The Balaban J connectivity index is 2.15. The summed E-state index contributed by atoms with van der Waals surface area (Å²) >= 11 is 0. The Morgan fingerprint density at radius 1 is 1.59 bits per heavy atom. The molecule has 0 bridgehead atoms. The van der Waals surface area contributed by atoms with Gasteiger partial charge < -0.3 is 15.4 Å². The van der Waals surface area contributed by atoms with Gasteiger partial charge in [-0.1, -0.05) is 0 Å². The highest BCUT2D eigenvalue weighted by molar-refractivity contribution is 5.90. The molecule has 1 fully saturated rings. The SMILES string of the molecule is COC(=O)c1cc(N[C@@H]2CCNC2)ccc1F. The molecular weight excluding hydrogens is 223 g/mol. The third-order valence-electron chi connectivity index (χ3n) is 2.80. The lowest BCUT2D eigenvalue weighted by Crippen LogP contribution is -2.22. The number of esters is 1. The van der Waals surface area contributed by atoms with Gasteiger partial charge in [-0.25, -0.2) is 9.18 Å². The topological polar surface area (TPSA) is 50.4 Å². The van der Waals surface area contributed by atoms with Crippen molar-refractivity contribution in [1.82, 2.24) is 5.32 Å². The van der Waals surface area contributed by atoms with E-state index >= 15 is 0 Å². The first kappa shape index (κ1) is 11.9. The van der Waals surface area contributed by atoms with Crippen molar-refractivity contribution in [3.05, 3.63) is 29.6 Å². The van der Waals surface area contributed by atoms with Gasteiger partial charge in [-0.2, -0.15) is 0 Å². The van der Waals surface area contributed by atoms with Crippen LogP contribution in [-0.2, 0) is 4.74 Å². The normalized spacial score (nSPS) is 19.1. The highest BCUT2D eigenvalue weighted by atomic mass is 19.1. The van der Waals surface area contributed by atoms with Crippen LogP contribution in [0.4, 0.5) is 10.1 Å². The summed E-state index contributed by atoms with van der Waals surface area (Å²) in [7, 11) is 1.24. The fraction of sp³-hybridized carbons (Fsp3) is 0.417. The van der Waals surface area contributed by atoms with Crippen molar-refractivity contribution in [2.45, 2.75) is 12.5 Å². The summed E-state index contributed by atoms with van der Waals surface area (Å²) in [5.41, 5.74) is 0.698. The van der Waals surface area contributed by atoms with Crippen LogP contribution >= 0.6 is 0 Å². The molecule has 1 aromatic carbocycles. The molecule has 1 heterocycles. The van der Waals surface area contributed by atoms with Gasteiger partial charge in [0.2, 0.25) is 0 Å². The quantitative estimate of drug-likeness (QED) is 0.781. The number of hydrogen-bond donors (Lipinski definition) is 2. The van der Waals surface area contributed by atoms with Crippen LogP contribution in [0.15, 0.2) is 18.2 Å². The van der Waals surface area contributed by atoms with Crippen molar-refractivity contribution in [2.75, 3.05) is 25.5 Å². The molecule has 0 saturated carbocycles. The molecule has 1 aliphatic heterocycles. The number of rotatable bonds is 3. The number of hydrogen-bond acceptors (Lipinski definition) is 4. The summed E-state index contributed by atoms with van der Waals surface area (Å²) in [5.74, 6) is -1.22. The molecular formula is C12H15FN2O2. The molecule has 1 saturated heterocycles. The maximum Gasteiger partial charge on any atom is 0.340 e. The van der Waals surface area contributed by atoms with Crippen molar-refractivity contribution < 1.29 is 13.9 Å². The van der Waals surface area contributed by atoms with Gasteiger partial charge in [0.05, 0.1) is 12.7 Å². The van der Waals surface area contributed by atoms with Crippen molar-refractivity contribution in [2.24, 2.45) is 0 Å². The zero-order valence-electron chi connectivity index (χ0n) is 9.63. The number of halogens is 1. The molecule has 0 unspecified atom stereocenters. The first-order valence-electron chi connectivity index (χ1n) is 5.56. The van der Waals surface area contributed by atoms with Crippen LogP contribution in [0.1, 0.15) is 16.8 Å². The summed E-state index contributed by atoms with van der Waals surface area (Å²) < 4.78 is 17.9. The van der Waals surface area contributed by atoms with Gasteiger partial charge in [0.25, 0.3) is 0 Å². The van der Waals surface area contributed by atoms with E-state index in [9.17, 15) is 9.18 Å². The minimum atomic E-state index is -0.657. The highest BCUT2D eigenvalue weighted by Gasteiger charge is 2.16. The Kier molecular flexibility index (Phi) is 3.58. The second-order valence-electron chi connectivity index (χ2n) is 4.02. The van der Waals surface area contributed by atoms with Gasteiger partial charge in [0.1, 0.15) is 5.82 Å². The van der Waals surface area contributed by atoms with E-state index in [1.54, 1.807) is 6.07 Å². The van der Waals surface area contributed by atoms with Gasteiger partial charge in [-0.3, -0.25) is 0 Å². The predicted octanol–water partition coefficient (Wildman–Crippen LogP) is 1.39. The van der Waals surface area contributed by atoms with E-state index in [1.807, 2.05) is 0 Å². The van der Waals surface area contributed by atoms with E-state index in [1.165, 1.54) is 19.2 Å². The Morgan fingerprint density at radius 2 is 2.41 bits per heavy atom. The molecule has 5 heteroatoms. The lowest BCUT2D eigenvalue weighted by Gasteiger charge is -2.13. The summed E-state index contributed by atoms with van der Waals surface area (Å²) in [6, 6.07) is 4.71. The smallest absolute Gasteiger partial charge is 0.340 e. The van der Waals surface area contributed by atoms with E-state index in [2.05, 4.69) is 15.4 Å². The Morgan fingerprint density at radius 3 is 3.06 bits per heavy atom. The Labute approximate surface area is 99.2 Å². The van der Waals surface area contributed by atoms with Gasteiger partial charge in [0, 0.05) is 18.3 Å². The maximum atomic E-state index is 13.4. The lowest BCUT2D eigenvalue weighted by atomic mass is 10.1. The second-order valence-corrected chi connectivity index (χ2v) is 4.02. The van der Waals surface area contributed by atoms with Crippen LogP contribution in [0.3, 0.4) is 0 Å². The molecule has 1 atom stereocenters. The van der Waals surface area contributed by atoms with Crippen molar-refractivity contribution in [3.63, 3.8) is 0 Å². The van der Waals surface area contributed by atoms with Gasteiger partial charge >= 0.3 is 5.97 Å². The molecule has 0 aromatic heterocycles. The molecule has 17 heavy (non-hydrogen) atoms. The van der Waals surface area contributed by atoms with Gasteiger partial charge in [-0.15, -0.1) is 0 Å². The second kappa shape index (κ2) is 5.14. The zero-order valence-corrected chi connectivity index (χ0v) is 9.63. The van der Waals surface area contributed by atoms with E-state index in [-0.39, 0.29) is 5.56 Å². The maximum absolute atomic E-state index is 13.4. The number of carbonyl (C=O) groups is 1. The summed E-state index contributed by atoms with van der Waals surface area (Å²) in [4.78, 5) is 11.3. The fourth-order valence-corrected chi connectivity index (χ4v) is 1.89. The largest absolute Gasteiger partial charge is 0.465 e. The fourth-order valence-electron chi connectivity index (χ4n) is 1.89. The Hall–Kier alpha value is -1.62. The minimum absolute atomic E-state index is 0.0385. The molecule has 0 amide bonds. The molecule has 1 aromatic rings. The molecule has 92 valence electrons. The lowest BCUT2D eigenvalue weighted by molar-refractivity contribution is 0.0595. The van der Waals surface area contributed by atoms with E-state index in [0.717, 1.165) is 25.2 Å². The van der Waals surface area contributed by atoms with Crippen LogP contribution in [0.25, 0.3) is 0 Å².